The Bertz CT molecular complexity index is 1080. The average Bonchev–Trinajstić information content (AvgIpc) is 3.31. The molecule has 0 aliphatic carbocycles. The van der Waals surface area contributed by atoms with Gasteiger partial charge in [0, 0.05) is 35.3 Å². The number of carbonyl (C=O) groups excluding carboxylic acids is 1. The van der Waals surface area contributed by atoms with Crippen molar-refractivity contribution < 1.29 is 14.1 Å². The predicted molar refractivity (Wildman–Crippen MR) is 99.9 cm³/mol. The minimum Gasteiger partial charge on any atom is -0.457 e. The Kier molecular flexibility index (Phi) is 5.10. The van der Waals surface area contributed by atoms with Crippen LogP contribution >= 0.6 is 11.3 Å². The zero-order valence-electron chi connectivity index (χ0n) is 14.0. The number of nitrogens with one attached hydrogen (secondary N) is 1. The Morgan fingerprint density at radius 3 is 2.89 bits per heavy atom. The highest BCUT2D eigenvalue weighted by Gasteiger charge is 2.15. The molecule has 27 heavy (non-hydrogen) atoms. The van der Waals surface area contributed by atoms with Gasteiger partial charge < -0.3 is 4.42 Å². The van der Waals surface area contributed by atoms with E-state index >= 15 is 0 Å². The third-order valence-electron chi connectivity index (χ3n) is 3.63. The molecule has 3 rings (SSSR count). The summed E-state index contributed by atoms with van der Waals surface area (Å²) in [6, 6.07) is 9.51. The molecule has 2 heterocycles. The fourth-order valence-corrected chi connectivity index (χ4v) is 2.83. The van der Waals surface area contributed by atoms with Gasteiger partial charge >= 0.3 is 0 Å². The summed E-state index contributed by atoms with van der Waals surface area (Å²) in [5, 5.41) is 24.8. The van der Waals surface area contributed by atoms with Gasteiger partial charge in [0.2, 0.25) is 0 Å². The minimum atomic E-state index is -0.600. The van der Waals surface area contributed by atoms with Gasteiger partial charge in [0.15, 0.2) is 5.13 Å². The van der Waals surface area contributed by atoms with Crippen LogP contribution in [-0.4, -0.2) is 15.8 Å². The Labute approximate surface area is 157 Å². The number of amides is 1. The summed E-state index contributed by atoms with van der Waals surface area (Å²) in [6.07, 6.45) is 2.84. The number of carbonyl (C=O) groups is 1. The summed E-state index contributed by atoms with van der Waals surface area (Å²) >= 11 is 1.23. The molecule has 0 aliphatic heterocycles. The van der Waals surface area contributed by atoms with E-state index in [0.29, 0.717) is 16.5 Å². The molecule has 0 spiro atoms. The predicted octanol–water partition coefficient (Wildman–Crippen LogP) is 4.17. The molecule has 3 aromatic rings. The van der Waals surface area contributed by atoms with Crippen molar-refractivity contribution in [3.8, 4) is 17.4 Å². The molecular weight excluding hydrogens is 368 g/mol. The molecular formula is C18H12N4O4S. The minimum absolute atomic E-state index is 0.0513. The normalized spacial score (nSPS) is 11.0. The van der Waals surface area contributed by atoms with Crippen LogP contribution in [0.3, 0.4) is 0 Å². The van der Waals surface area contributed by atoms with Gasteiger partial charge in [-0.2, -0.15) is 5.26 Å². The van der Waals surface area contributed by atoms with Crippen LogP contribution in [0.4, 0.5) is 10.8 Å². The second-order valence-electron chi connectivity index (χ2n) is 5.42. The third-order valence-corrected chi connectivity index (χ3v) is 4.32. The van der Waals surface area contributed by atoms with Gasteiger partial charge in [0.25, 0.3) is 11.6 Å². The lowest BCUT2D eigenvalue weighted by atomic mass is 10.1. The van der Waals surface area contributed by atoms with Gasteiger partial charge in [-0.15, -0.1) is 11.3 Å². The van der Waals surface area contributed by atoms with E-state index in [2.05, 4.69) is 10.3 Å². The smallest absolute Gasteiger partial charge is 0.270 e. The Morgan fingerprint density at radius 2 is 2.22 bits per heavy atom. The number of aryl methyl sites for hydroxylation is 1. The third kappa shape index (κ3) is 4.08. The summed E-state index contributed by atoms with van der Waals surface area (Å²) in [5.41, 5.74) is 1.16. The molecule has 0 saturated heterocycles. The quantitative estimate of drug-likeness (QED) is 0.307. The number of non-ortho nitro benzene ring substituents is 1. The van der Waals surface area contributed by atoms with Crippen LogP contribution in [0.2, 0.25) is 0 Å². The maximum atomic E-state index is 12.1. The summed E-state index contributed by atoms with van der Waals surface area (Å²) in [5.74, 6) is 0.0822. The second kappa shape index (κ2) is 7.63. The van der Waals surface area contributed by atoms with E-state index in [9.17, 15) is 20.2 Å². The van der Waals surface area contributed by atoms with Crippen LogP contribution in [0, 0.1) is 28.4 Å². The van der Waals surface area contributed by atoms with Crippen molar-refractivity contribution in [2.45, 2.75) is 6.92 Å². The van der Waals surface area contributed by atoms with Crippen LogP contribution in [-0.2, 0) is 4.79 Å². The lowest BCUT2D eigenvalue weighted by Crippen LogP contribution is -2.13. The van der Waals surface area contributed by atoms with Crippen molar-refractivity contribution in [3.63, 3.8) is 0 Å². The Balaban J connectivity index is 1.88. The molecule has 1 amide bonds. The first-order valence-corrected chi connectivity index (χ1v) is 8.54. The number of hydrogen-bond donors (Lipinski definition) is 1. The summed E-state index contributed by atoms with van der Waals surface area (Å²) < 4.78 is 5.66. The number of anilines is 1. The number of nitro groups is 1. The van der Waals surface area contributed by atoms with Gasteiger partial charge in [0.1, 0.15) is 23.2 Å². The summed E-state index contributed by atoms with van der Waals surface area (Å²) in [4.78, 5) is 26.6. The lowest BCUT2D eigenvalue weighted by molar-refractivity contribution is -0.384. The van der Waals surface area contributed by atoms with Gasteiger partial charge in [-0.3, -0.25) is 20.2 Å². The number of nitriles is 1. The second-order valence-corrected chi connectivity index (χ2v) is 6.31. The standard InChI is InChI=1S/C18H12N4O4S/c1-11-2-3-13(22(24)25)9-15(11)16-5-4-14(26-16)8-12(10-19)17(23)21-18-20-6-7-27-18/h2-9H,1H3,(H,20,21,23). The molecule has 9 heteroatoms. The molecule has 0 saturated carbocycles. The summed E-state index contributed by atoms with van der Waals surface area (Å²) in [7, 11) is 0. The van der Waals surface area contributed by atoms with Gasteiger partial charge in [0.05, 0.1) is 4.92 Å². The number of nitrogens with zero attached hydrogens (tertiary/aromatic N) is 3. The topological polar surface area (TPSA) is 122 Å². The van der Waals surface area contributed by atoms with Crippen LogP contribution in [0.1, 0.15) is 11.3 Å². The molecule has 0 fully saturated rings. The van der Waals surface area contributed by atoms with E-state index in [1.807, 2.05) is 6.07 Å². The van der Waals surface area contributed by atoms with Gasteiger partial charge in [-0.1, -0.05) is 6.07 Å². The van der Waals surface area contributed by atoms with Crippen LogP contribution in [0.5, 0.6) is 0 Å². The average molecular weight is 380 g/mol. The molecule has 1 N–H and O–H groups in total. The molecule has 2 aromatic heterocycles. The molecule has 0 aliphatic rings. The molecule has 0 unspecified atom stereocenters. The Morgan fingerprint density at radius 1 is 1.41 bits per heavy atom. The molecule has 8 nitrogen and oxygen atoms in total. The molecule has 0 atom stereocenters. The largest absolute Gasteiger partial charge is 0.457 e. The van der Waals surface area contributed by atoms with E-state index in [1.165, 1.54) is 35.7 Å². The fourth-order valence-electron chi connectivity index (χ4n) is 2.30. The van der Waals surface area contributed by atoms with E-state index in [4.69, 9.17) is 4.42 Å². The molecule has 0 bridgehead atoms. The van der Waals surface area contributed by atoms with Gasteiger partial charge in [-0.05, 0) is 24.6 Å². The number of benzene rings is 1. The van der Waals surface area contributed by atoms with Gasteiger partial charge in [-0.25, -0.2) is 4.98 Å². The Hall–Kier alpha value is -3.77. The highest BCUT2D eigenvalue weighted by atomic mass is 32.1. The van der Waals surface area contributed by atoms with Crippen LogP contribution < -0.4 is 5.32 Å². The highest BCUT2D eigenvalue weighted by Crippen LogP contribution is 2.29. The van der Waals surface area contributed by atoms with Crippen molar-refractivity contribution >= 4 is 34.1 Å². The number of furan rings is 1. The van der Waals surface area contributed by atoms with E-state index < -0.39 is 10.8 Å². The molecule has 134 valence electrons. The summed E-state index contributed by atoms with van der Waals surface area (Å²) in [6.45, 7) is 1.80. The van der Waals surface area contributed by atoms with E-state index in [0.717, 1.165) is 5.56 Å². The molecule has 1 aromatic carbocycles. The first-order valence-electron chi connectivity index (χ1n) is 7.66. The monoisotopic (exact) mass is 380 g/mol. The van der Waals surface area contributed by atoms with E-state index in [1.54, 1.807) is 30.5 Å². The fraction of sp³-hybridized carbons (Fsp3) is 0.0556. The van der Waals surface area contributed by atoms with E-state index in [-0.39, 0.29) is 17.0 Å². The zero-order valence-corrected chi connectivity index (χ0v) is 14.8. The number of rotatable bonds is 5. The number of hydrogen-bond acceptors (Lipinski definition) is 7. The number of thiazole rings is 1. The maximum absolute atomic E-state index is 12.1. The van der Waals surface area contributed by atoms with Crippen LogP contribution in [0.25, 0.3) is 17.4 Å². The lowest BCUT2D eigenvalue weighted by Gasteiger charge is -2.02. The van der Waals surface area contributed by atoms with Crippen molar-refractivity contribution in [3.05, 3.63) is 68.9 Å². The van der Waals surface area contributed by atoms with Crippen LogP contribution in [0.15, 0.2) is 51.9 Å². The first kappa shape index (κ1) is 18.0. The number of aromatic nitrogens is 1. The van der Waals surface area contributed by atoms with Crippen molar-refractivity contribution in [1.29, 1.82) is 5.26 Å². The highest BCUT2D eigenvalue weighted by molar-refractivity contribution is 7.13. The molecule has 0 radical (unpaired) electrons. The van der Waals surface area contributed by atoms with Crippen molar-refractivity contribution in [2.24, 2.45) is 0 Å². The first-order chi connectivity index (χ1) is 13.0. The number of nitro benzene ring substituents is 1. The van der Waals surface area contributed by atoms with Crippen molar-refractivity contribution in [2.75, 3.05) is 5.32 Å². The van der Waals surface area contributed by atoms with Crippen molar-refractivity contribution in [1.82, 2.24) is 4.98 Å². The SMILES string of the molecule is Cc1ccc([N+](=O)[O-])cc1-c1ccc(C=C(C#N)C(=O)Nc2nccs2)o1. The maximum Gasteiger partial charge on any atom is 0.270 e. The zero-order chi connectivity index (χ0) is 19.4.